The Labute approximate surface area is 132 Å². The molecule has 1 amide bonds. The molecule has 21 heavy (non-hydrogen) atoms. The zero-order valence-corrected chi connectivity index (χ0v) is 13.3. The van der Waals surface area contributed by atoms with Gasteiger partial charge >= 0.3 is 0 Å². The minimum absolute atomic E-state index is 0.110. The fourth-order valence-electron chi connectivity index (χ4n) is 2.58. The molecule has 4 nitrogen and oxygen atoms in total. The topological polar surface area (TPSA) is 54.0 Å². The maximum atomic E-state index is 11.9. The highest BCUT2D eigenvalue weighted by molar-refractivity contribution is 7.18. The molecule has 3 rings (SSSR count). The number of nitrogens with zero attached hydrogens (tertiary/aromatic N) is 1. The summed E-state index contributed by atoms with van der Waals surface area (Å²) in [5.41, 5.74) is 0.897. The van der Waals surface area contributed by atoms with Crippen molar-refractivity contribution in [3.05, 3.63) is 28.2 Å². The lowest BCUT2D eigenvalue weighted by atomic mass is 10.0. The number of hydrogen-bond acceptors (Lipinski definition) is 4. The van der Waals surface area contributed by atoms with E-state index in [1.165, 1.54) is 6.42 Å². The Balaban J connectivity index is 1.49. The maximum Gasteiger partial charge on any atom is 0.220 e. The number of aromatic nitrogens is 1. The van der Waals surface area contributed by atoms with Crippen LogP contribution >= 0.6 is 22.9 Å². The highest BCUT2D eigenvalue weighted by Crippen LogP contribution is 2.24. The normalized spacial score (nSPS) is 18.2. The van der Waals surface area contributed by atoms with Crippen LogP contribution in [0.3, 0.4) is 0 Å². The van der Waals surface area contributed by atoms with Crippen molar-refractivity contribution in [3.63, 3.8) is 0 Å². The molecule has 0 radical (unpaired) electrons. The average Bonchev–Trinajstić information content (AvgIpc) is 3.11. The number of fused-ring (bicyclic) bond motifs is 1. The standard InChI is InChI=1S/C15H18ClN3OS/c16-11-2-3-13-12(7-11)19-15(21-13)9-18-14(20)4-1-10-5-6-17-8-10/h2-3,7,10,17H,1,4-6,8-9H2,(H,18,20). The third kappa shape index (κ3) is 3.93. The van der Waals surface area contributed by atoms with E-state index in [0.717, 1.165) is 34.7 Å². The number of halogens is 1. The van der Waals surface area contributed by atoms with Crippen LogP contribution in [0.25, 0.3) is 10.2 Å². The van der Waals surface area contributed by atoms with Gasteiger partial charge < -0.3 is 10.6 Å². The molecule has 1 aromatic heterocycles. The molecule has 1 aliphatic heterocycles. The van der Waals surface area contributed by atoms with Crippen molar-refractivity contribution in [1.82, 2.24) is 15.6 Å². The summed E-state index contributed by atoms with van der Waals surface area (Å²) in [5.74, 6) is 0.763. The molecule has 6 heteroatoms. The molecule has 112 valence electrons. The number of rotatable bonds is 5. The van der Waals surface area contributed by atoms with Crippen LogP contribution in [-0.4, -0.2) is 24.0 Å². The molecule has 0 spiro atoms. The van der Waals surface area contributed by atoms with Gasteiger partial charge in [0.15, 0.2) is 0 Å². The quantitative estimate of drug-likeness (QED) is 0.889. The van der Waals surface area contributed by atoms with Gasteiger partial charge in [0, 0.05) is 11.4 Å². The Morgan fingerprint density at radius 2 is 2.43 bits per heavy atom. The predicted molar refractivity (Wildman–Crippen MR) is 86.7 cm³/mol. The van der Waals surface area contributed by atoms with Gasteiger partial charge in [-0.25, -0.2) is 4.98 Å². The maximum absolute atomic E-state index is 11.9. The van der Waals surface area contributed by atoms with Gasteiger partial charge in [-0.2, -0.15) is 0 Å². The first-order chi connectivity index (χ1) is 10.2. The Kier molecular flexibility index (Phi) is 4.73. The predicted octanol–water partition coefficient (Wildman–Crippen LogP) is 2.96. The number of nitrogens with one attached hydrogen (secondary N) is 2. The number of benzene rings is 1. The number of carbonyl (C=O) groups excluding carboxylic acids is 1. The van der Waals surface area contributed by atoms with E-state index in [1.807, 2.05) is 18.2 Å². The first-order valence-corrected chi connectivity index (χ1v) is 8.42. The lowest BCUT2D eigenvalue weighted by Gasteiger charge is -2.07. The number of thiazole rings is 1. The molecular weight excluding hydrogens is 306 g/mol. The van der Waals surface area contributed by atoms with Crippen LogP contribution in [0.15, 0.2) is 18.2 Å². The molecule has 1 unspecified atom stereocenters. The minimum Gasteiger partial charge on any atom is -0.350 e. The monoisotopic (exact) mass is 323 g/mol. The van der Waals surface area contributed by atoms with Gasteiger partial charge in [-0.05, 0) is 50.0 Å². The van der Waals surface area contributed by atoms with Crippen LogP contribution < -0.4 is 10.6 Å². The molecule has 1 atom stereocenters. The molecule has 1 aliphatic rings. The number of carbonyl (C=O) groups is 1. The van der Waals surface area contributed by atoms with Gasteiger partial charge in [0.25, 0.3) is 0 Å². The fraction of sp³-hybridized carbons (Fsp3) is 0.467. The molecule has 0 bridgehead atoms. The third-order valence-corrected chi connectivity index (χ3v) is 5.04. The van der Waals surface area contributed by atoms with Gasteiger partial charge in [0.2, 0.25) is 5.91 Å². The zero-order valence-electron chi connectivity index (χ0n) is 11.7. The van der Waals surface area contributed by atoms with Gasteiger partial charge in [0.05, 0.1) is 16.8 Å². The second kappa shape index (κ2) is 6.73. The SMILES string of the molecule is O=C(CCC1CCNC1)NCc1nc2cc(Cl)ccc2s1. The summed E-state index contributed by atoms with van der Waals surface area (Å²) in [4.78, 5) is 16.4. The van der Waals surface area contributed by atoms with Crippen LogP contribution in [-0.2, 0) is 11.3 Å². The molecule has 2 N–H and O–H groups in total. The molecule has 1 aromatic carbocycles. The Hall–Kier alpha value is -1.17. The van der Waals surface area contributed by atoms with E-state index in [9.17, 15) is 4.79 Å². The molecule has 2 aromatic rings. The van der Waals surface area contributed by atoms with Crippen LogP contribution in [0.2, 0.25) is 5.02 Å². The van der Waals surface area contributed by atoms with E-state index in [-0.39, 0.29) is 5.91 Å². The Morgan fingerprint density at radius 1 is 1.52 bits per heavy atom. The number of amides is 1. The summed E-state index contributed by atoms with van der Waals surface area (Å²) >= 11 is 7.55. The van der Waals surface area contributed by atoms with E-state index in [1.54, 1.807) is 11.3 Å². The van der Waals surface area contributed by atoms with Crippen molar-refractivity contribution in [1.29, 1.82) is 0 Å². The van der Waals surface area contributed by atoms with Crippen molar-refractivity contribution in [2.75, 3.05) is 13.1 Å². The van der Waals surface area contributed by atoms with Gasteiger partial charge in [-0.1, -0.05) is 11.6 Å². The van der Waals surface area contributed by atoms with E-state index >= 15 is 0 Å². The highest BCUT2D eigenvalue weighted by atomic mass is 35.5. The van der Waals surface area contributed by atoms with Crippen molar-refractivity contribution < 1.29 is 4.79 Å². The van der Waals surface area contributed by atoms with E-state index in [2.05, 4.69) is 15.6 Å². The summed E-state index contributed by atoms with van der Waals surface area (Å²) in [6, 6.07) is 5.68. The zero-order chi connectivity index (χ0) is 14.7. The summed E-state index contributed by atoms with van der Waals surface area (Å²) in [6.07, 6.45) is 2.75. The summed E-state index contributed by atoms with van der Waals surface area (Å²) in [5, 5.41) is 7.88. The second-order valence-corrected chi connectivity index (χ2v) is 6.95. The van der Waals surface area contributed by atoms with Crippen LogP contribution in [0.1, 0.15) is 24.3 Å². The number of hydrogen-bond donors (Lipinski definition) is 2. The second-order valence-electron chi connectivity index (χ2n) is 5.39. The average molecular weight is 324 g/mol. The van der Waals surface area contributed by atoms with Gasteiger partial charge in [-0.3, -0.25) is 4.79 Å². The minimum atomic E-state index is 0.110. The highest BCUT2D eigenvalue weighted by Gasteiger charge is 2.15. The molecule has 0 aliphatic carbocycles. The first-order valence-electron chi connectivity index (χ1n) is 7.23. The van der Waals surface area contributed by atoms with Crippen LogP contribution in [0.5, 0.6) is 0 Å². The third-order valence-electron chi connectivity index (χ3n) is 3.77. The van der Waals surface area contributed by atoms with Crippen molar-refractivity contribution in [2.24, 2.45) is 5.92 Å². The van der Waals surface area contributed by atoms with Crippen molar-refractivity contribution >= 4 is 39.1 Å². The fourth-order valence-corrected chi connectivity index (χ4v) is 3.64. The van der Waals surface area contributed by atoms with E-state index in [4.69, 9.17) is 11.6 Å². The van der Waals surface area contributed by atoms with Crippen LogP contribution in [0, 0.1) is 5.92 Å². The lowest BCUT2D eigenvalue weighted by Crippen LogP contribution is -2.23. The van der Waals surface area contributed by atoms with E-state index < -0.39 is 0 Å². The summed E-state index contributed by atoms with van der Waals surface area (Å²) in [7, 11) is 0. The molecule has 0 saturated carbocycles. The summed E-state index contributed by atoms with van der Waals surface area (Å²) < 4.78 is 1.10. The van der Waals surface area contributed by atoms with Crippen molar-refractivity contribution in [2.45, 2.75) is 25.8 Å². The summed E-state index contributed by atoms with van der Waals surface area (Å²) in [6.45, 7) is 2.63. The largest absolute Gasteiger partial charge is 0.350 e. The smallest absolute Gasteiger partial charge is 0.220 e. The van der Waals surface area contributed by atoms with Crippen molar-refractivity contribution in [3.8, 4) is 0 Å². The van der Waals surface area contributed by atoms with Gasteiger partial charge in [0.1, 0.15) is 5.01 Å². The van der Waals surface area contributed by atoms with Gasteiger partial charge in [-0.15, -0.1) is 11.3 Å². The molecule has 1 fully saturated rings. The Bertz CT molecular complexity index is 637. The molecule has 1 saturated heterocycles. The molecule has 2 heterocycles. The van der Waals surface area contributed by atoms with E-state index in [0.29, 0.717) is 23.9 Å². The first kappa shape index (κ1) is 14.8. The lowest BCUT2D eigenvalue weighted by molar-refractivity contribution is -0.121. The Morgan fingerprint density at radius 3 is 3.24 bits per heavy atom. The van der Waals surface area contributed by atoms with Crippen LogP contribution in [0.4, 0.5) is 0 Å². The molecular formula is C15H18ClN3OS.